The Labute approximate surface area is 145 Å². The Morgan fingerprint density at radius 1 is 1.45 bits per heavy atom. The van der Waals surface area contributed by atoms with Crippen LogP contribution in [0.5, 0.6) is 0 Å². The van der Waals surface area contributed by atoms with E-state index in [1.54, 1.807) is 23.1 Å². The molecule has 2 unspecified atom stereocenters. The highest BCUT2D eigenvalue weighted by Gasteiger charge is 2.27. The highest BCUT2D eigenvalue weighted by Crippen LogP contribution is 2.29. The lowest BCUT2D eigenvalue weighted by atomic mass is 10.1. The number of carbonyl (C=O) groups excluding carboxylic acids is 1. The average molecular weight is 358 g/mol. The van der Waals surface area contributed by atoms with Gasteiger partial charge in [0.2, 0.25) is 5.91 Å². The van der Waals surface area contributed by atoms with E-state index in [0.29, 0.717) is 11.8 Å². The first kappa shape index (κ1) is 17.5. The minimum absolute atomic E-state index is 0. The van der Waals surface area contributed by atoms with Gasteiger partial charge in [0.05, 0.1) is 16.0 Å². The second kappa shape index (κ2) is 7.64. The number of rotatable bonds is 3. The molecule has 22 heavy (non-hydrogen) atoms. The largest absolute Gasteiger partial charge is 0.336 e. The van der Waals surface area contributed by atoms with Crippen LogP contribution in [0.15, 0.2) is 28.6 Å². The Morgan fingerprint density at radius 3 is 3.00 bits per heavy atom. The summed E-state index contributed by atoms with van der Waals surface area (Å²) in [6, 6.07) is 8.70. The predicted molar refractivity (Wildman–Crippen MR) is 96.2 cm³/mol. The summed E-state index contributed by atoms with van der Waals surface area (Å²) < 4.78 is 2.15. The van der Waals surface area contributed by atoms with Gasteiger partial charge in [0.1, 0.15) is 0 Å². The maximum absolute atomic E-state index is 12.4. The van der Waals surface area contributed by atoms with Gasteiger partial charge in [-0.25, -0.2) is 4.98 Å². The van der Waals surface area contributed by atoms with E-state index in [-0.39, 0.29) is 24.4 Å². The first-order valence-corrected chi connectivity index (χ1v) is 8.96. The van der Waals surface area contributed by atoms with Gasteiger partial charge in [0, 0.05) is 25.2 Å². The average Bonchev–Trinajstić information content (AvgIpc) is 2.90. The summed E-state index contributed by atoms with van der Waals surface area (Å²) in [6.45, 7) is 5.91. The number of thiazole rings is 1. The first-order chi connectivity index (χ1) is 10.1. The van der Waals surface area contributed by atoms with E-state index in [1.165, 1.54) is 4.70 Å². The van der Waals surface area contributed by atoms with Crippen molar-refractivity contribution in [2.75, 3.05) is 18.8 Å². The molecule has 0 saturated carbocycles. The van der Waals surface area contributed by atoms with Crippen molar-refractivity contribution in [2.24, 2.45) is 0 Å². The molecule has 1 aromatic heterocycles. The topological polar surface area (TPSA) is 45.2 Å². The molecule has 1 amide bonds. The van der Waals surface area contributed by atoms with Gasteiger partial charge in [0.25, 0.3) is 0 Å². The van der Waals surface area contributed by atoms with E-state index in [1.807, 2.05) is 23.1 Å². The molecule has 3 rings (SSSR count). The zero-order valence-electron chi connectivity index (χ0n) is 12.6. The van der Waals surface area contributed by atoms with Gasteiger partial charge in [-0.05, 0) is 26.0 Å². The van der Waals surface area contributed by atoms with Crippen LogP contribution in [-0.4, -0.2) is 46.7 Å². The van der Waals surface area contributed by atoms with Gasteiger partial charge >= 0.3 is 0 Å². The Balaban J connectivity index is 0.00000176. The maximum atomic E-state index is 12.4. The normalized spacial score (nSPS) is 21.6. The molecule has 7 heteroatoms. The highest BCUT2D eigenvalue weighted by molar-refractivity contribution is 8.01. The molecule has 0 radical (unpaired) electrons. The molecule has 2 heterocycles. The number of nitrogens with zero attached hydrogens (tertiary/aromatic N) is 2. The van der Waals surface area contributed by atoms with E-state index in [0.717, 1.165) is 22.9 Å². The third-order valence-electron chi connectivity index (χ3n) is 3.95. The summed E-state index contributed by atoms with van der Waals surface area (Å²) in [4.78, 5) is 18.9. The summed E-state index contributed by atoms with van der Waals surface area (Å²) in [7, 11) is 0. The van der Waals surface area contributed by atoms with Crippen LogP contribution < -0.4 is 5.32 Å². The Hall–Kier alpha value is -0.820. The quantitative estimate of drug-likeness (QED) is 0.858. The van der Waals surface area contributed by atoms with Gasteiger partial charge in [0.15, 0.2) is 4.34 Å². The van der Waals surface area contributed by atoms with E-state index < -0.39 is 0 Å². The molecule has 4 nitrogen and oxygen atoms in total. The summed E-state index contributed by atoms with van der Waals surface area (Å²) in [5.74, 6) is 0.678. The molecule has 1 aromatic carbocycles. The SMILES string of the molecule is CC1NCCN(C(=O)CSc2nc3ccccc3s2)C1C.Cl. The van der Waals surface area contributed by atoms with Gasteiger partial charge in [-0.3, -0.25) is 4.79 Å². The van der Waals surface area contributed by atoms with Gasteiger partial charge < -0.3 is 10.2 Å². The zero-order chi connectivity index (χ0) is 14.8. The lowest BCUT2D eigenvalue weighted by molar-refractivity contribution is -0.131. The molecule has 0 aliphatic carbocycles. The number of piperazine rings is 1. The lowest BCUT2D eigenvalue weighted by Gasteiger charge is -2.38. The van der Waals surface area contributed by atoms with Gasteiger partial charge in [-0.15, -0.1) is 23.7 Å². The number of thioether (sulfide) groups is 1. The van der Waals surface area contributed by atoms with Crippen LogP contribution in [0.3, 0.4) is 0 Å². The van der Waals surface area contributed by atoms with Crippen molar-refractivity contribution in [3.05, 3.63) is 24.3 Å². The molecule has 120 valence electrons. The number of nitrogens with one attached hydrogen (secondary N) is 1. The minimum Gasteiger partial charge on any atom is -0.336 e. The second-order valence-electron chi connectivity index (χ2n) is 5.31. The van der Waals surface area contributed by atoms with Crippen molar-refractivity contribution >= 4 is 51.6 Å². The molecule has 1 fully saturated rings. The second-order valence-corrected chi connectivity index (χ2v) is 7.56. The van der Waals surface area contributed by atoms with Crippen LogP contribution in [0.2, 0.25) is 0 Å². The van der Waals surface area contributed by atoms with E-state index >= 15 is 0 Å². The monoisotopic (exact) mass is 357 g/mol. The molecule has 1 N–H and O–H groups in total. The zero-order valence-corrected chi connectivity index (χ0v) is 15.1. The highest BCUT2D eigenvalue weighted by atomic mass is 35.5. The fourth-order valence-electron chi connectivity index (χ4n) is 2.53. The number of amides is 1. The number of para-hydroxylation sites is 1. The smallest absolute Gasteiger partial charge is 0.233 e. The van der Waals surface area contributed by atoms with E-state index in [2.05, 4.69) is 30.2 Å². The molecule has 2 atom stereocenters. The van der Waals surface area contributed by atoms with Crippen molar-refractivity contribution in [3.63, 3.8) is 0 Å². The Morgan fingerprint density at radius 2 is 2.23 bits per heavy atom. The van der Waals surface area contributed by atoms with Crippen molar-refractivity contribution in [1.82, 2.24) is 15.2 Å². The van der Waals surface area contributed by atoms with Crippen molar-refractivity contribution in [3.8, 4) is 0 Å². The van der Waals surface area contributed by atoms with Gasteiger partial charge in [-0.2, -0.15) is 0 Å². The summed E-state index contributed by atoms with van der Waals surface area (Å²) in [5.41, 5.74) is 1.02. The molecular formula is C15H20ClN3OS2. The number of hydrogen-bond acceptors (Lipinski definition) is 5. The summed E-state index contributed by atoms with van der Waals surface area (Å²) in [6.07, 6.45) is 0. The fraction of sp³-hybridized carbons (Fsp3) is 0.467. The number of benzene rings is 1. The van der Waals surface area contributed by atoms with Gasteiger partial charge in [-0.1, -0.05) is 23.9 Å². The van der Waals surface area contributed by atoms with E-state index in [4.69, 9.17) is 0 Å². The Bertz CT molecular complexity index is 616. The summed E-state index contributed by atoms with van der Waals surface area (Å²) >= 11 is 3.20. The molecule has 1 saturated heterocycles. The van der Waals surface area contributed by atoms with Crippen LogP contribution in [0.25, 0.3) is 10.2 Å². The number of fused-ring (bicyclic) bond motifs is 1. The molecular weight excluding hydrogens is 338 g/mol. The number of hydrogen-bond donors (Lipinski definition) is 1. The molecule has 0 spiro atoms. The van der Waals surface area contributed by atoms with Crippen LogP contribution in [0, 0.1) is 0 Å². The molecule has 2 aromatic rings. The van der Waals surface area contributed by atoms with Crippen molar-refractivity contribution in [1.29, 1.82) is 0 Å². The molecule has 0 bridgehead atoms. The lowest BCUT2D eigenvalue weighted by Crippen LogP contribution is -2.57. The van der Waals surface area contributed by atoms with Crippen LogP contribution in [0.4, 0.5) is 0 Å². The number of halogens is 1. The standard InChI is InChI=1S/C15H19N3OS2.ClH/c1-10-11(2)18(8-7-16-10)14(19)9-20-15-17-12-5-3-4-6-13(12)21-15;/h3-6,10-11,16H,7-9H2,1-2H3;1H. The van der Waals surface area contributed by atoms with Crippen LogP contribution in [-0.2, 0) is 4.79 Å². The Kier molecular flexibility index (Phi) is 6.09. The fourth-order valence-corrected chi connectivity index (χ4v) is 4.48. The van der Waals surface area contributed by atoms with Crippen LogP contribution in [0.1, 0.15) is 13.8 Å². The third-order valence-corrected chi connectivity index (χ3v) is 6.11. The predicted octanol–water partition coefficient (Wildman–Crippen LogP) is 3.02. The van der Waals surface area contributed by atoms with Crippen LogP contribution >= 0.6 is 35.5 Å². The molecule has 1 aliphatic rings. The first-order valence-electron chi connectivity index (χ1n) is 7.16. The van der Waals surface area contributed by atoms with Crippen molar-refractivity contribution in [2.45, 2.75) is 30.3 Å². The van der Waals surface area contributed by atoms with Crippen molar-refractivity contribution < 1.29 is 4.79 Å². The number of aromatic nitrogens is 1. The number of carbonyl (C=O) groups is 1. The third kappa shape index (κ3) is 3.74. The maximum Gasteiger partial charge on any atom is 0.233 e. The minimum atomic E-state index is 0. The molecule has 1 aliphatic heterocycles. The van der Waals surface area contributed by atoms with E-state index in [9.17, 15) is 4.79 Å². The summed E-state index contributed by atoms with van der Waals surface area (Å²) in [5, 5.41) is 3.40.